The molecule has 0 atom stereocenters. The van der Waals surface area contributed by atoms with Gasteiger partial charge in [-0.25, -0.2) is 13.6 Å². The van der Waals surface area contributed by atoms with Gasteiger partial charge < -0.3 is 14.6 Å². The van der Waals surface area contributed by atoms with Crippen molar-refractivity contribution in [3.63, 3.8) is 0 Å². The number of hydrogen-bond donors (Lipinski definition) is 1. The second-order valence-electron chi connectivity index (χ2n) is 8.15. The number of ether oxygens (including phenoxy) is 1. The van der Waals surface area contributed by atoms with Crippen molar-refractivity contribution < 1.29 is 23.1 Å². The van der Waals surface area contributed by atoms with Crippen LogP contribution in [0.4, 0.5) is 8.78 Å². The zero-order valence-corrected chi connectivity index (χ0v) is 17.5. The molecule has 1 aliphatic heterocycles. The zero-order chi connectivity index (χ0) is 22.3. The maximum absolute atomic E-state index is 14.1. The van der Waals surface area contributed by atoms with Crippen LogP contribution in [-0.4, -0.2) is 34.9 Å². The first-order valence-corrected chi connectivity index (χ1v) is 9.99. The predicted molar refractivity (Wildman–Crippen MR) is 113 cm³/mol. The smallest absolute Gasteiger partial charge is 0.341 e. The van der Waals surface area contributed by atoms with Crippen molar-refractivity contribution in [1.82, 2.24) is 9.88 Å². The largest absolute Gasteiger partial charge is 0.462 e. The fourth-order valence-corrected chi connectivity index (χ4v) is 4.09. The topological polar surface area (TPSA) is 62.4 Å². The lowest BCUT2D eigenvalue weighted by atomic mass is 9.81. The van der Waals surface area contributed by atoms with Gasteiger partial charge in [0.05, 0.1) is 17.9 Å². The van der Waals surface area contributed by atoms with Gasteiger partial charge in [-0.2, -0.15) is 0 Å². The minimum atomic E-state index is -0.637. The maximum Gasteiger partial charge on any atom is 0.341 e. The number of aromatic amines is 1. The summed E-state index contributed by atoms with van der Waals surface area (Å²) in [6, 6.07) is 9.63. The molecule has 0 unspecified atom stereocenters. The van der Waals surface area contributed by atoms with E-state index in [0.29, 0.717) is 16.6 Å². The van der Waals surface area contributed by atoms with Crippen molar-refractivity contribution in [1.29, 1.82) is 0 Å². The highest BCUT2D eigenvalue weighted by Gasteiger charge is 2.37. The second kappa shape index (κ2) is 7.65. The average Bonchev–Trinajstić information content (AvgIpc) is 3.04. The molecule has 7 heteroatoms. The van der Waals surface area contributed by atoms with E-state index >= 15 is 0 Å². The number of aromatic nitrogens is 1. The van der Waals surface area contributed by atoms with Gasteiger partial charge in [-0.1, -0.05) is 13.8 Å². The van der Waals surface area contributed by atoms with Crippen LogP contribution < -0.4 is 0 Å². The molecular weight excluding hydrogens is 402 g/mol. The van der Waals surface area contributed by atoms with Crippen molar-refractivity contribution in [3.8, 4) is 0 Å². The molecule has 0 aliphatic carbocycles. The summed E-state index contributed by atoms with van der Waals surface area (Å²) in [4.78, 5) is 30.7. The van der Waals surface area contributed by atoms with E-state index in [4.69, 9.17) is 4.74 Å². The van der Waals surface area contributed by atoms with Crippen LogP contribution in [0.25, 0.3) is 16.5 Å². The van der Waals surface area contributed by atoms with E-state index < -0.39 is 23.0 Å². The lowest BCUT2D eigenvalue weighted by Gasteiger charge is -2.29. The molecule has 0 bridgehead atoms. The van der Waals surface area contributed by atoms with Crippen LogP contribution in [0.1, 0.15) is 42.4 Å². The Bertz CT molecular complexity index is 1210. The molecule has 3 aromatic rings. The minimum absolute atomic E-state index is 0.162. The third-order valence-corrected chi connectivity index (χ3v) is 5.40. The first kappa shape index (κ1) is 20.8. The van der Waals surface area contributed by atoms with Gasteiger partial charge in [0, 0.05) is 34.6 Å². The van der Waals surface area contributed by atoms with Gasteiger partial charge in [0.2, 0.25) is 0 Å². The Morgan fingerprint density at radius 1 is 1.10 bits per heavy atom. The summed E-state index contributed by atoms with van der Waals surface area (Å²) in [7, 11) is 0. The van der Waals surface area contributed by atoms with Crippen LogP contribution in [0.5, 0.6) is 0 Å². The van der Waals surface area contributed by atoms with E-state index in [1.807, 2.05) is 13.8 Å². The molecule has 1 aliphatic rings. The molecule has 0 saturated carbocycles. The Labute approximate surface area is 178 Å². The summed E-state index contributed by atoms with van der Waals surface area (Å²) in [5.74, 6) is -1.81. The minimum Gasteiger partial charge on any atom is -0.462 e. The molecule has 0 spiro atoms. The summed E-state index contributed by atoms with van der Waals surface area (Å²) < 4.78 is 32.6. The first-order valence-electron chi connectivity index (χ1n) is 9.99. The molecule has 0 radical (unpaired) electrons. The molecule has 1 amide bonds. The van der Waals surface area contributed by atoms with Crippen LogP contribution in [0.2, 0.25) is 0 Å². The zero-order valence-electron chi connectivity index (χ0n) is 17.5. The number of rotatable bonds is 3. The quantitative estimate of drug-likeness (QED) is 0.616. The van der Waals surface area contributed by atoms with Crippen LogP contribution in [0, 0.1) is 11.6 Å². The van der Waals surface area contributed by atoms with Crippen molar-refractivity contribution in [2.75, 3.05) is 13.2 Å². The third kappa shape index (κ3) is 3.71. The first-order chi connectivity index (χ1) is 14.7. The van der Waals surface area contributed by atoms with Crippen molar-refractivity contribution in [3.05, 3.63) is 77.1 Å². The number of amides is 1. The second-order valence-corrected chi connectivity index (χ2v) is 8.15. The van der Waals surface area contributed by atoms with E-state index in [9.17, 15) is 18.4 Å². The fraction of sp³-hybridized carbons (Fsp3) is 0.250. The third-order valence-electron chi connectivity index (χ3n) is 5.40. The van der Waals surface area contributed by atoms with Crippen LogP contribution in [-0.2, 0) is 14.9 Å². The highest BCUT2D eigenvalue weighted by Crippen LogP contribution is 2.40. The van der Waals surface area contributed by atoms with Crippen LogP contribution >= 0.6 is 0 Å². The molecule has 2 aromatic carbocycles. The van der Waals surface area contributed by atoms with Crippen LogP contribution in [0.3, 0.4) is 0 Å². The molecule has 0 fully saturated rings. The predicted octanol–water partition coefficient (Wildman–Crippen LogP) is 4.78. The highest BCUT2D eigenvalue weighted by molar-refractivity contribution is 6.18. The summed E-state index contributed by atoms with van der Waals surface area (Å²) in [5, 5.41) is 0.645. The molecule has 0 saturated heterocycles. The summed E-state index contributed by atoms with van der Waals surface area (Å²) in [6.45, 7) is 5.94. The summed E-state index contributed by atoms with van der Waals surface area (Å²) >= 11 is 0. The van der Waals surface area contributed by atoms with Gasteiger partial charge in [-0.15, -0.1) is 0 Å². The summed E-state index contributed by atoms with van der Waals surface area (Å²) in [5.41, 5.74) is 1.75. The van der Waals surface area contributed by atoms with Crippen LogP contribution in [0.15, 0.2) is 48.7 Å². The Morgan fingerprint density at radius 3 is 2.45 bits per heavy atom. The standard InChI is InChI=1S/C24H22F2N2O3/c1-4-31-23(30)18-12-28(22(29)14-5-7-15(25)8-6-14)13-24(2,3)20-17-11-16(26)9-10-19(17)27-21(18)20/h5-12,27H,4,13H2,1-3H3. The normalized spacial score (nSPS) is 15.3. The lowest BCUT2D eigenvalue weighted by Crippen LogP contribution is -2.37. The van der Waals surface area contributed by atoms with Gasteiger partial charge in [0.1, 0.15) is 11.6 Å². The number of H-pyrrole nitrogens is 1. The van der Waals surface area contributed by atoms with Crippen molar-refractivity contribution >= 4 is 28.4 Å². The lowest BCUT2D eigenvalue weighted by molar-refractivity contribution is -0.136. The van der Waals surface area contributed by atoms with Crippen molar-refractivity contribution in [2.24, 2.45) is 0 Å². The Kier molecular flexibility index (Phi) is 5.13. The van der Waals surface area contributed by atoms with Gasteiger partial charge in [0.25, 0.3) is 5.91 Å². The van der Waals surface area contributed by atoms with E-state index in [1.54, 1.807) is 13.0 Å². The Hall–Kier alpha value is -3.48. The number of nitrogens with one attached hydrogen (secondary N) is 1. The number of halogens is 2. The molecule has 160 valence electrons. The number of carbonyl (C=O) groups is 2. The SMILES string of the molecule is CCOC(=O)C1=CN(C(=O)c2ccc(F)cc2)CC(C)(C)c2c1[nH]c1ccc(F)cc21. The summed E-state index contributed by atoms with van der Waals surface area (Å²) in [6.07, 6.45) is 1.46. The number of benzene rings is 2. The number of nitrogens with zero attached hydrogens (tertiary/aromatic N) is 1. The molecule has 1 N–H and O–H groups in total. The molecule has 5 nitrogen and oxygen atoms in total. The average molecular weight is 424 g/mol. The number of hydrogen-bond acceptors (Lipinski definition) is 3. The monoisotopic (exact) mass is 424 g/mol. The van der Waals surface area contributed by atoms with E-state index in [0.717, 1.165) is 5.56 Å². The van der Waals surface area contributed by atoms with E-state index in [1.165, 1.54) is 47.5 Å². The molecule has 4 rings (SSSR count). The maximum atomic E-state index is 14.1. The van der Waals surface area contributed by atoms with Gasteiger partial charge in [-0.3, -0.25) is 4.79 Å². The van der Waals surface area contributed by atoms with Crippen molar-refractivity contribution in [2.45, 2.75) is 26.2 Å². The van der Waals surface area contributed by atoms with E-state index in [2.05, 4.69) is 4.98 Å². The van der Waals surface area contributed by atoms with Gasteiger partial charge >= 0.3 is 5.97 Å². The van der Waals surface area contributed by atoms with E-state index in [-0.39, 0.29) is 30.2 Å². The molecule has 1 aromatic heterocycles. The Balaban J connectivity index is 1.90. The molecular formula is C24H22F2N2O3. The van der Waals surface area contributed by atoms with Gasteiger partial charge in [0.15, 0.2) is 0 Å². The number of carbonyl (C=O) groups excluding carboxylic acids is 2. The highest BCUT2D eigenvalue weighted by atomic mass is 19.1. The number of esters is 1. The fourth-order valence-electron chi connectivity index (χ4n) is 4.09. The molecule has 31 heavy (non-hydrogen) atoms. The Morgan fingerprint density at radius 2 is 1.77 bits per heavy atom. The van der Waals surface area contributed by atoms with Gasteiger partial charge in [-0.05, 0) is 55.0 Å². The number of fused-ring (bicyclic) bond motifs is 3. The molecule has 2 heterocycles.